The first-order valence-electron chi connectivity index (χ1n) is 7.35. The molecule has 0 aliphatic carbocycles. The van der Waals surface area contributed by atoms with Crippen LogP contribution in [0, 0.1) is 0 Å². The van der Waals surface area contributed by atoms with Gasteiger partial charge in [0.15, 0.2) is 0 Å². The average molecular weight is 306 g/mol. The van der Waals surface area contributed by atoms with Gasteiger partial charge in [-0.15, -0.1) is 0 Å². The number of carbonyl (C=O) groups excluding carboxylic acids is 1. The van der Waals surface area contributed by atoms with Crippen LogP contribution in [-0.4, -0.2) is 17.5 Å². The Hall–Kier alpha value is -3.08. The minimum Gasteiger partial charge on any atom is -0.493 e. The summed E-state index contributed by atoms with van der Waals surface area (Å²) in [4.78, 5) is 25.7. The van der Waals surface area contributed by atoms with Gasteiger partial charge < -0.3 is 15.5 Å². The van der Waals surface area contributed by atoms with E-state index in [-0.39, 0.29) is 5.56 Å². The molecule has 0 spiro atoms. The second-order valence-electron chi connectivity index (χ2n) is 5.55. The molecular weight excluding hydrogens is 292 g/mol. The molecule has 114 valence electrons. The highest BCUT2D eigenvalue weighted by molar-refractivity contribution is 5.96. The minimum atomic E-state index is -0.475. The van der Waals surface area contributed by atoms with Gasteiger partial charge in [-0.1, -0.05) is 6.07 Å². The van der Waals surface area contributed by atoms with Crippen LogP contribution in [0.15, 0.2) is 47.3 Å². The summed E-state index contributed by atoms with van der Waals surface area (Å²) in [5.74, 6) is 0.181. The van der Waals surface area contributed by atoms with Crippen LogP contribution >= 0.6 is 0 Å². The summed E-state index contributed by atoms with van der Waals surface area (Å²) in [7, 11) is 0. The van der Waals surface area contributed by atoms with Crippen LogP contribution in [0.3, 0.4) is 0 Å². The number of fused-ring (bicyclic) bond motifs is 5. The number of nitrogens with one attached hydrogen (secondary N) is 1. The number of hydrogen-bond donors (Lipinski definition) is 2. The van der Waals surface area contributed by atoms with Gasteiger partial charge in [0, 0.05) is 34.5 Å². The number of carbonyl (C=O) groups is 1. The molecule has 1 aliphatic heterocycles. The third-order valence-electron chi connectivity index (χ3n) is 4.18. The fourth-order valence-corrected chi connectivity index (χ4v) is 3.10. The highest BCUT2D eigenvalue weighted by atomic mass is 16.5. The molecule has 0 fully saturated rings. The Morgan fingerprint density at radius 1 is 1.09 bits per heavy atom. The van der Waals surface area contributed by atoms with Crippen LogP contribution in [-0.2, 0) is 6.42 Å². The number of pyridine rings is 1. The van der Waals surface area contributed by atoms with Gasteiger partial charge in [-0.05, 0) is 41.5 Å². The largest absolute Gasteiger partial charge is 0.493 e. The maximum absolute atomic E-state index is 11.5. The first kappa shape index (κ1) is 13.6. The Morgan fingerprint density at radius 3 is 2.74 bits per heavy atom. The number of hydrogen-bond acceptors (Lipinski definition) is 3. The topological polar surface area (TPSA) is 85.2 Å². The highest BCUT2D eigenvalue weighted by Gasteiger charge is 2.18. The summed E-state index contributed by atoms with van der Waals surface area (Å²) in [6.07, 6.45) is 0.722. The number of H-pyrrole nitrogens is 1. The molecule has 2 heterocycles. The molecule has 1 aliphatic rings. The van der Waals surface area contributed by atoms with Crippen LogP contribution < -0.4 is 16.0 Å². The molecule has 5 heteroatoms. The number of aromatic nitrogens is 1. The van der Waals surface area contributed by atoms with E-state index in [0.29, 0.717) is 17.9 Å². The van der Waals surface area contributed by atoms with Crippen molar-refractivity contribution >= 4 is 16.8 Å². The van der Waals surface area contributed by atoms with Crippen LogP contribution in [0.4, 0.5) is 0 Å². The lowest BCUT2D eigenvalue weighted by molar-refractivity contribution is 0.1000. The lowest BCUT2D eigenvalue weighted by atomic mass is 9.94. The number of ether oxygens (including phenoxy) is 1. The zero-order chi connectivity index (χ0) is 16.0. The van der Waals surface area contributed by atoms with Gasteiger partial charge in [-0.3, -0.25) is 9.59 Å². The van der Waals surface area contributed by atoms with E-state index in [0.717, 1.165) is 34.0 Å². The third-order valence-corrected chi connectivity index (χ3v) is 4.18. The molecule has 0 atom stereocenters. The molecule has 1 aromatic heterocycles. The molecule has 3 N–H and O–H groups in total. The second kappa shape index (κ2) is 4.98. The van der Waals surface area contributed by atoms with Gasteiger partial charge >= 0.3 is 0 Å². The number of amides is 1. The fourth-order valence-electron chi connectivity index (χ4n) is 3.10. The number of nitrogens with two attached hydrogens (primary N) is 1. The zero-order valence-electron chi connectivity index (χ0n) is 12.3. The van der Waals surface area contributed by atoms with E-state index in [9.17, 15) is 9.59 Å². The first-order chi connectivity index (χ1) is 11.1. The van der Waals surface area contributed by atoms with E-state index in [1.807, 2.05) is 24.3 Å². The Balaban J connectivity index is 1.99. The maximum atomic E-state index is 11.5. The second-order valence-corrected chi connectivity index (χ2v) is 5.55. The highest BCUT2D eigenvalue weighted by Crippen LogP contribution is 2.38. The third kappa shape index (κ3) is 2.17. The van der Waals surface area contributed by atoms with E-state index >= 15 is 0 Å². The van der Waals surface area contributed by atoms with Crippen molar-refractivity contribution < 1.29 is 9.53 Å². The van der Waals surface area contributed by atoms with Crippen LogP contribution in [0.2, 0.25) is 0 Å². The van der Waals surface area contributed by atoms with Gasteiger partial charge in [0.05, 0.1) is 6.61 Å². The summed E-state index contributed by atoms with van der Waals surface area (Å²) in [5, 5.41) is 1.01. The number of aromatic amines is 1. The SMILES string of the molecule is NC(=O)c1ccc2c(c1)OCCc1c-2ccc2[nH]c(=O)ccc12. The van der Waals surface area contributed by atoms with Crippen molar-refractivity contribution in [1.29, 1.82) is 0 Å². The predicted octanol–water partition coefficient (Wildman–Crippen LogP) is 2.23. The van der Waals surface area contributed by atoms with Crippen molar-refractivity contribution in [2.75, 3.05) is 6.61 Å². The van der Waals surface area contributed by atoms with E-state index in [2.05, 4.69) is 4.98 Å². The molecule has 4 rings (SSSR count). The summed E-state index contributed by atoms with van der Waals surface area (Å²) in [5.41, 5.74) is 9.57. The van der Waals surface area contributed by atoms with Gasteiger partial charge in [0.1, 0.15) is 5.75 Å². The smallest absolute Gasteiger partial charge is 0.248 e. The Bertz CT molecular complexity index is 1000. The quantitative estimate of drug-likeness (QED) is 0.723. The zero-order valence-corrected chi connectivity index (χ0v) is 12.3. The van der Waals surface area contributed by atoms with E-state index in [4.69, 9.17) is 10.5 Å². The average Bonchev–Trinajstić information content (AvgIpc) is 2.73. The molecule has 0 saturated carbocycles. The summed E-state index contributed by atoms with van der Waals surface area (Å²) >= 11 is 0. The monoisotopic (exact) mass is 306 g/mol. The van der Waals surface area contributed by atoms with Crippen molar-refractivity contribution in [2.24, 2.45) is 5.73 Å². The molecule has 0 unspecified atom stereocenters. The molecule has 0 saturated heterocycles. The van der Waals surface area contributed by atoms with Crippen molar-refractivity contribution in [1.82, 2.24) is 4.98 Å². The van der Waals surface area contributed by atoms with Gasteiger partial charge in [-0.2, -0.15) is 0 Å². The Morgan fingerprint density at radius 2 is 1.91 bits per heavy atom. The molecule has 0 bridgehead atoms. The molecule has 0 radical (unpaired) electrons. The van der Waals surface area contributed by atoms with Gasteiger partial charge in [-0.25, -0.2) is 0 Å². The van der Waals surface area contributed by atoms with Crippen molar-refractivity contribution in [3.05, 3.63) is 63.9 Å². The predicted molar refractivity (Wildman–Crippen MR) is 87.7 cm³/mol. The van der Waals surface area contributed by atoms with Crippen molar-refractivity contribution in [3.8, 4) is 16.9 Å². The number of benzene rings is 2. The lowest BCUT2D eigenvalue weighted by Gasteiger charge is -2.11. The molecule has 1 amide bonds. The van der Waals surface area contributed by atoms with Crippen molar-refractivity contribution in [3.63, 3.8) is 0 Å². The standard InChI is InChI=1S/C18H14N2O3/c19-18(22)10-1-2-14-11-3-5-15-13(4-6-17(21)20-15)12(11)7-8-23-16(14)9-10/h1-6,9H,7-8H2,(H2,19,22)(H,20,21). The molecule has 3 aromatic rings. The maximum Gasteiger partial charge on any atom is 0.248 e. The van der Waals surface area contributed by atoms with Crippen LogP contribution in [0.5, 0.6) is 5.75 Å². The van der Waals surface area contributed by atoms with E-state index in [1.165, 1.54) is 6.07 Å². The number of primary amides is 1. The first-order valence-corrected chi connectivity index (χ1v) is 7.35. The lowest BCUT2D eigenvalue weighted by Crippen LogP contribution is -2.11. The number of rotatable bonds is 1. The summed E-state index contributed by atoms with van der Waals surface area (Å²) < 4.78 is 5.81. The molecule has 2 aromatic carbocycles. The van der Waals surface area contributed by atoms with Gasteiger partial charge in [0.25, 0.3) is 0 Å². The van der Waals surface area contributed by atoms with E-state index in [1.54, 1.807) is 12.1 Å². The minimum absolute atomic E-state index is 0.117. The molecule has 23 heavy (non-hydrogen) atoms. The molecular formula is C18H14N2O3. The summed E-state index contributed by atoms with van der Waals surface area (Å²) in [6, 6.07) is 12.5. The van der Waals surface area contributed by atoms with Crippen molar-refractivity contribution in [2.45, 2.75) is 6.42 Å². The normalized spacial score (nSPS) is 12.9. The van der Waals surface area contributed by atoms with Gasteiger partial charge in [0.2, 0.25) is 11.5 Å². The Kier molecular flexibility index (Phi) is 2.94. The summed E-state index contributed by atoms with van der Waals surface area (Å²) in [6.45, 7) is 0.500. The van der Waals surface area contributed by atoms with Crippen LogP contribution in [0.25, 0.3) is 22.0 Å². The Labute approximate surface area is 131 Å². The van der Waals surface area contributed by atoms with E-state index < -0.39 is 5.91 Å². The van der Waals surface area contributed by atoms with Crippen LogP contribution in [0.1, 0.15) is 15.9 Å². The fraction of sp³-hybridized carbons (Fsp3) is 0.111. The molecule has 5 nitrogen and oxygen atoms in total.